The second kappa shape index (κ2) is 6.95. The number of ether oxygens (including phenoxy) is 2. The third-order valence-corrected chi connectivity index (χ3v) is 3.50. The molecule has 0 saturated carbocycles. The smallest absolute Gasteiger partial charge is 0.410 e. The zero-order valence-corrected chi connectivity index (χ0v) is 13.1. The van der Waals surface area contributed by atoms with Crippen LogP contribution in [0.2, 0.25) is 0 Å². The van der Waals surface area contributed by atoms with Crippen molar-refractivity contribution in [2.24, 2.45) is 0 Å². The number of carbonyl (C=O) groups is 2. The van der Waals surface area contributed by atoms with E-state index in [9.17, 15) is 9.59 Å². The maximum Gasteiger partial charge on any atom is 0.410 e. The van der Waals surface area contributed by atoms with Crippen molar-refractivity contribution in [2.45, 2.75) is 6.54 Å². The van der Waals surface area contributed by atoms with Crippen LogP contribution in [-0.2, 0) is 16.0 Å². The first-order valence-corrected chi connectivity index (χ1v) is 7.35. The van der Waals surface area contributed by atoms with Crippen molar-refractivity contribution in [1.82, 2.24) is 15.1 Å². The van der Waals surface area contributed by atoms with Gasteiger partial charge in [0, 0.05) is 12.2 Å². The van der Waals surface area contributed by atoms with E-state index in [1.54, 1.807) is 11.0 Å². The molecule has 1 aromatic carbocycles. The number of benzene rings is 1. The summed E-state index contributed by atoms with van der Waals surface area (Å²) >= 11 is 0. The zero-order valence-electron chi connectivity index (χ0n) is 13.1. The molecule has 0 aliphatic carbocycles. The lowest BCUT2D eigenvalue weighted by Crippen LogP contribution is -2.23. The highest BCUT2D eigenvalue weighted by Gasteiger charge is 2.21. The summed E-state index contributed by atoms with van der Waals surface area (Å²) in [4.78, 5) is 24.4. The van der Waals surface area contributed by atoms with E-state index >= 15 is 0 Å². The molecule has 24 heavy (non-hydrogen) atoms. The van der Waals surface area contributed by atoms with Gasteiger partial charge in [-0.3, -0.25) is 0 Å². The van der Waals surface area contributed by atoms with E-state index in [0.29, 0.717) is 25.5 Å². The van der Waals surface area contributed by atoms with Gasteiger partial charge >= 0.3 is 12.1 Å². The number of amides is 1. The van der Waals surface area contributed by atoms with Gasteiger partial charge in [0.05, 0.1) is 13.7 Å². The van der Waals surface area contributed by atoms with Crippen LogP contribution in [0.5, 0.6) is 0 Å². The number of nitrogens with one attached hydrogen (secondary N) is 1. The summed E-state index contributed by atoms with van der Waals surface area (Å²) in [5, 5.41) is 10.8. The van der Waals surface area contributed by atoms with Gasteiger partial charge < -0.3 is 19.7 Å². The maximum atomic E-state index is 11.4. The molecule has 124 valence electrons. The van der Waals surface area contributed by atoms with Gasteiger partial charge in [0.25, 0.3) is 0 Å². The van der Waals surface area contributed by atoms with Crippen LogP contribution in [0, 0.1) is 0 Å². The summed E-state index contributed by atoms with van der Waals surface area (Å²) in [5.41, 5.74) is 1.98. The fourth-order valence-electron chi connectivity index (χ4n) is 2.24. The highest BCUT2D eigenvalue weighted by atomic mass is 16.6. The Labute approximate surface area is 138 Å². The minimum absolute atomic E-state index is 0.149. The molecule has 1 aromatic heterocycles. The summed E-state index contributed by atoms with van der Waals surface area (Å²) in [6, 6.07) is 10.8. The lowest BCUT2D eigenvalue weighted by Gasteiger charge is -2.13. The molecule has 0 spiro atoms. The Balaban J connectivity index is 1.61. The molecule has 1 N–H and O–H groups in total. The Morgan fingerprint density at radius 1 is 1.25 bits per heavy atom. The van der Waals surface area contributed by atoms with E-state index in [1.165, 1.54) is 13.2 Å². The van der Waals surface area contributed by atoms with Crippen LogP contribution in [0.15, 0.2) is 36.4 Å². The van der Waals surface area contributed by atoms with E-state index in [4.69, 9.17) is 4.74 Å². The topological polar surface area (TPSA) is 93.7 Å². The second-order valence-corrected chi connectivity index (χ2v) is 5.15. The second-order valence-electron chi connectivity index (χ2n) is 5.15. The van der Waals surface area contributed by atoms with Crippen LogP contribution >= 0.6 is 0 Å². The van der Waals surface area contributed by atoms with Crippen LogP contribution < -0.4 is 5.32 Å². The predicted molar refractivity (Wildman–Crippen MR) is 84.9 cm³/mol. The van der Waals surface area contributed by atoms with Crippen molar-refractivity contribution in [3.05, 3.63) is 47.7 Å². The number of hydrogen-bond acceptors (Lipinski definition) is 7. The molecule has 8 nitrogen and oxygen atoms in total. The fraction of sp³-hybridized carbons (Fsp3) is 0.250. The Hall–Kier alpha value is -3.16. The number of esters is 1. The molecule has 0 bridgehead atoms. The van der Waals surface area contributed by atoms with E-state index in [2.05, 4.69) is 20.3 Å². The lowest BCUT2D eigenvalue weighted by molar-refractivity contribution is 0.0592. The first kappa shape index (κ1) is 15.7. The minimum atomic E-state index is -0.529. The Morgan fingerprint density at radius 3 is 2.62 bits per heavy atom. The van der Waals surface area contributed by atoms with E-state index < -0.39 is 5.97 Å². The number of cyclic esters (lactones) is 1. The van der Waals surface area contributed by atoms with Crippen molar-refractivity contribution in [3.8, 4) is 0 Å². The molecule has 0 unspecified atom stereocenters. The highest BCUT2D eigenvalue weighted by molar-refractivity contribution is 5.87. The minimum Gasteiger partial charge on any atom is -0.464 e. The largest absolute Gasteiger partial charge is 0.464 e. The normalized spacial score (nSPS) is 13.5. The molecule has 1 aliphatic heterocycles. The average molecular weight is 328 g/mol. The van der Waals surface area contributed by atoms with E-state index in [1.807, 2.05) is 24.3 Å². The molecule has 0 atom stereocenters. The van der Waals surface area contributed by atoms with Crippen molar-refractivity contribution in [2.75, 3.05) is 25.6 Å². The standard InChI is InChI=1S/C16H16N4O4/c1-23-15(21)13-6-7-14(19-18-13)17-12-4-2-11(3-5-12)10-20-8-9-24-16(20)22/h2-7H,8-10H2,1H3,(H,17,19). The van der Waals surface area contributed by atoms with Gasteiger partial charge in [0.15, 0.2) is 11.5 Å². The van der Waals surface area contributed by atoms with E-state index in [-0.39, 0.29) is 11.8 Å². The number of aromatic nitrogens is 2. The highest BCUT2D eigenvalue weighted by Crippen LogP contribution is 2.17. The van der Waals surface area contributed by atoms with Gasteiger partial charge in [-0.2, -0.15) is 0 Å². The van der Waals surface area contributed by atoms with Crippen molar-refractivity contribution >= 4 is 23.6 Å². The first-order chi connectivity index (χ1) is 11.7. The van der Waals surface area contributed by atoms with Crippen molar-refractivity contribution < 1.29 is 19.1 Å². The van der Waals surface area contributed by atoms with Crippen LogP contribution in [-0.4, -0.2) is 47.4 Å². The van der Waals surface area contributed by atoms with E-state index in [0.717, 1.165) is 11.3 Å². The zero-order chi connectivity index (χ0) is 16.9. The molecule has 1 aliphatic rings. The lowest BCUT2D eigenvalue weighted by atomic mass is 10.2. The number of carbonyl (C=O) groups excluding carboxylic acids is 2. The summed E-state index contributed by atoms with van der Waals surface area (Å²) in [5.74, 6) is -0.0163. The summed E-state index contributed by atoms with van der Waals surface area (Å²) < 4.78 is 9.47. The molecular weight excluding hydrogens is 312 g/mol. The van der Waals surface area contributed by atoms with Gasteiger partial charge in [-0.1, -0.05) is 12.1 Å². The summed E-state index contributed by atoms with van der Waals surface area (Å²) in [6.07, 6.45) is -0.279. The molecule has 1 fully saturated rings. The molecular formula is C16H16N4O4. The van der Waals surface area contributed by atoms with Gasteiger partial charge in [-0.25, -0.2) is 9.59 Å². The number of rotatable bonds is 5. The number of nitrogens with zero attached hydrogens (tertiary/aromatic N) is 3. The van der Waals surface area contributed by atoms with Crippen LogP contribution in [0.1, 0.15) is 16.1 Å². The Morgan fingerprint density at radius 2 is 2.04 bits per heavy atom. The third kappa shape index (κ3) is 3.60. The molecule has 2 aromatic rings. The Kier molecular flexibility index (Phi) is 4.55. The first-order valence-electron chi connectivity index (χ1n) is 7.35. The number of hydrogen-bond donors (Lipinski definition) is 1. The number of anilines is 2. The van der Waals surface area contributed by atoms with Gasteiger partial charge in [-0.15, -0.1) is 10.2 Å². The Bertz CT molecular complexity index is 731. The van der Waals surface area contributed by atoms with Crippen LogP contribution in [0.25, 0.3) is 0 Å². The summed E-state index contributed by atoms with van der Waals surface area (Å²) in [7, 11) is 1.29. The quantitative estimate of drug-likeness (QED) is 0.838. The third-order valence-electron chi connectivity index (χ3n) is 3.50. The molecule has 0 radical (unpaired) electrons. The molecule has 2 heterocycles. The average Bonchev–Trinajstić information content (AvgIpc) is 3.01. The molecule has 3 rings (SSSR count). The molecule has 1 amide bonds. The molecule has 8 heteroatoms. The number of methoxy groups -OCH3 is 1. The van der Waals surface area contributed by atoms with Gasteiger partial charge in [0.2, 0.25) is 0 Å². The SMILES string of the molecule is COC(=O)c1ccc(Nc2ccc(CN3CCOC3=O)cc2)nn1. The van der Waals surface area contributed by atoms with Gasteiger partial charge in [-0.05, 0) is 29.8 Å². The summed E-state index contributed by atoms with van der Waals surface area (Å²) in [6.45, 7) is 1.58. The van der Waals surface area contributed by atoms with Crippen LogP contribution in [0.3, 0.4) is 0 Å². The van der Waals surface area contributed by atoms with Crippen molar-refractivity contribution in [1.29, 1.82) is 0 Å². The molecule has 1 saturated heterocycles. The van der Waals surface area contributed by atoms with Gasteiger partial charge in [0.1, 0.15) is 6.61 Å². The fourth-order valence-corrected chi connectivity index (χ4v) is 2.24. The monoisotopic (exact) mass is 328 g/mol. The predicted octanol–water partition coefficient (Wildman–Crippen LogP) is 1.96. The van der Waals surface area contributed by atoms with Crippen LogP contribution in [0.4, 0.5) is 16.3 Å². The maximum absolute atomic E-state index is 11.4. The van der Waals surface area contributed by atoms with Crippen molar-refractivity contribution in [3.63, 3.8) is 0 Å².